The minimum absolute atomic E-state index is 0.0569. The second kappa shape index (κ2) is 10.8. The molecule has 0 aliphatic carbocycles. The van der Waals surface area contributed by atoms with Crippen molar-refractivity contribution >= 4 is 6.09 Å². The summed E-state index contributed by atoms with van der Waals surface area (Å²) in [7, 11) is 0. The van der Waals surface area contributed by atoms with Gasteiger partial charge in [0, 0.05) is 19.2 Å². The molecule has 0 saturated heterocycles. The van der Waals surface area contributed by atoms with Crippen molar-refractivity contribution in [2.45, 2.75) is 72.4 Å². The highest BCUT2D eigenvalue weighted by molar-refractivity contribution is 5.68. The third-order valence-electron chi connectivity index (χ3n) is 3.42. The molecule has 2 atom stereocenters. The van der Waals surface area contributed by atoms with Crippen molar-refractivity contribution in [3.05, 3.63) is 0 Å². The number of rotatable bonds is 10. The monoisotopic (exact) mass is 316 g/mol. The fourth-order valence-electron chi connectivity index (χ4n) is 2.33. The number of carbonyl (C=O) groups is 1. The average Bonchev–Trinajstić information content (AvgIpc) is 2.34. The molecule has 0 heterocycles. The van der Waals surface area contributed by atoms with Gasteiger partial charge in [0.1, 0.15) is 5.60 Å². The van der Waals surface area contributed by atoms with Crippen LogP contribution in [0.5, 0.6) is 0 Å². The van der Waals surface area contributed by atoms with Crippen molar-refractivity contribution in [1.29, 1.82) is 0 Å². The molecule has 1 amide bonds. The molecule has 5 heteroatoms. The van der Waals surface area contributed by atoms with E-state index in [1.807, 2.05) is 20.8 Å². The van der Waals surface area contributed by atoms with Gasteiger partial charge in [0.15, 0.2) is 0 Å². The van der Waals surface area contributed by atoms with E-state index in [0.29, 0.717) is 11.8 Å². The van der Waals surface area contributed by atoms with Gasteiger partial charge in [0.05, 0.1) is 0 Å². The van der Waals surface area contributed by atoms with Gasteiger partial charge in [-0.15, -0.1) is 0 Å². The Balaban J connectivity index is 4.31. The second-order valence-corrected chi connectivity index (χ2v) is 7.42. The summed E-state index contributed by atoms with van der Waals surface area (Å²) in [5.41, 5.74) is -0.478. The summed E-state index contributed by atoms with van der Waals surface area (Å²) >= 11 is 0. The standard InChI is InChI=1S/C17H36N2O3/c1-7-14(8-9-20)11-18-12-15(10-13(2)3)19-16(21)22-17(4,5)6/h13-15,18,20H,7-12H2,1-6H3,(H,19,21)/t14-,15-/m0/s1. The Morgan fingerprint density at radius 3 is 2.32 bits per heavy atom. The number of ether oxygens (including phenoxy) is 1. The van der Waals surface area contributed by atoms with E-state index in [1.165, 1.54) is 0 Å². The second-order valence-electron chi connectivity index (χ2n) is 7.42. The van der Waals surface area contributed by atoms with Crippen LogP contribution in [0.4, 0.5) is 4.79 Å². The number of aliphatic hydroxyl groups excluding tert-OH is 1. The van der Waals surface area contributed by atoms with Crippen LogP contribution in [-0.4, -0.2) is 42.5 Å². The topological polar surface area (TPSA) is 70.6 Å². The summed E-state index contributed by atoms with van der Waals surface area (Å²) in [6.45, 7) is 13.8. The number of alkyl carbamates (subject to hydrolysis) is 1. The van der Waals surface area contributed by atoms with E-state index in [0.717, 1.165) is 32.4 Å². The third-order valence-corrected chi connectivity index (χ3v) is 3.42. The molecule has 0 radical (unpaired) electrons. The molecule has 22 heavy (non-hydrogen) atoms. The summed E-state index contributed by atoms with van der Waals surface area (Å²) < 4.78 is 5.33. The molecule has 0 fully saturated rings. The van der Waals surface area contributed by atoms with E-state index in [2.05, 4.69) is 31.4 Å². The van der Waals surface area contributed by atoms with Crippen molar-refractivity contribution in [1.82, 2.24) is 10.6 Å². The Hall–Kier alpha value is -0.810. The lowest BCUT2D eigenvalue weighted by Crippen LogP contribution is -2.45. The number of aliphatic hydroxyl groups is 1. The molecule has 5 nitrogen and oxygen atoms in total. The van der Waals surface area contributed by atoms with E-state index >= 15 is 0 Å². The largest absolute Gasteiger partial charge is 0.444 e. The highest BCUT2D eigenvalue weighted by Gasteiger charge is 2.20. The number of hydrogen-bond donors (Lipinski definition) is 3. The van der Waals surface area contributed by atoms with E-state index in [-0.39, 0.29) is 18.7 Å². The van der Waals surface area contributed by atoms with Crippen LogP contribution >= 0.6 is 0 Å². The predicted octanol–water partition coefficient (Wildman–Crippen LogP) is 2.92. The molecule has 0 aromatic carbocycles. The van der Waals surface area contributed by atoms with Crippen LogP contribution in [0.1, 0.15) is 60.8 Å². The van der Waals surface area contributed by atoms with Gasteiger partial charge >= 0.3 is 6.09 Å². The van der Waals surface area contributed by atoms with Crippen LogP contribution in [0, 0.1) is 11.8 Å². The van der Waals surface area contributed by atoms with Crippen LogP contribution in [-0.2, 0) is 4.74 Å². The molecule has 0 aliphatic rings. The molecule has 3 N–H and O–H groups in total. The lowest BCUT2D eigenvalue weighted by Gasteiger charge is -2.25. The predicted molar refractivity (Wildman–Crippen MR) is 91.0 cm³/mol. The Kier molecular flexibility index (Phi) is 10.4. The zero-order valence-electron chi connectivity index (χ0n) is 15.2. The minimum Gasteiger partial charge on any atom is -0.444 e. The maximum atomic E-state index is 11.9. The first-order valence-corrected chi connectivity index (χ1v) is 8.49. The highest BCUT2D eigenvalue weighted by atomic mass is 16.6. The van der Waals surface area contributed by atoms with Gasteiger partial charge < -0.3 is 20.5 Å². The molecule has 0 aromatic heterocycles. The molecule has 0 spiro atoms. The van der Waals surface area contributed by atoms with Crippen LogP contribution in [0.2, 0.25) is 0 Å². The fraction of sp³-hybridized carbons (Fsp3) is 0.941. The van der Waals surface area contributed by atoms with Crippen LogP contribution < -0.4 is 10.6 Å². The smallest absolute Gasteiger partial charge is 0.407 e. The molecule has 0 rings (SSSR count). The van der Waals surface area contributed by atoms with Crippen molar-refractivity contribution in [2.24, 2.45) is 11.8 Å². The van der Waals surface area contributed by atoms with Gasteiger partial charge in [0.2, 0.25) is 0 Å². The van der Waals surface area contributed by atoms with Gasteiger partial charge in [-0.1, -0.05) is 27.2 Å². The molecule has 132 valence electrons. The van der Waals surface area contributed by atoms with Gasteiger partial charge in [-0.25, -0.2) is 4.79 Å². The normalized spacial score (nSPS) is 14.7. The van der Waals surface area contributed by atoms with E-state index in [4.69, 9.17) is 9.84 Å². The lowest BCUT2D eigenvalue weighted by molar-refractivity contribution is 0.0498. The van der Waals surface area contributed by atoms with Gasteiger partial charge in [0.25, 0.3) is 0 Å². The average molecular weight is 316 g/mol. The Labute approximate surface area is 136 Å². The van der Waals surface area contributed by atoms with Crippen molar-refractivity contribution in [3.63, 3.8) is 0 Å². The van der Waals surface area contributed by atoms with Crippen molar-refractivity contribution in [3.8, 4) is 0 Å². The van der Waals surface area contributed by atoms with Gasteiger partial charge in [-0.3, -0.25) is 0 Å². The zero-order valence-corrected chi connectivity index (χ0v) is 15.2. The zero-order chi connectivity index (χ0) is 17.2. The third kappa shape index (κ3) is 11.8. The number of amides is 1. The Morgan fingerprint density at radius 2 is 1.86 bits per heavy atom. The summed E-state index contributed by atoms with van der Waals surface area (Å²) in [5, 5.41) is 15.4. The molecule has 0 saturated carbocycles. The number of hydrogen-bond acceptors (Lipinski definition) is 4. The van der Waals surface area contributed by atoms with Crippen LogP contribution in [0.3, 0.4) is 0 Å². The SMILES string of the molecule is CC[C@@H](CCO)CNC[C@H](CC(C)C)NC(=O)OC(C)(C)C. The molecular weight excluding hydrogens is 280 g/mol. The van der Waals surface area contributed by atoms with Gasteiger partial charge in [-0.05, 0) is 52.0 Å². The summed E-state index contributed by atoms with van der Waals surface area (Å²) in [4.78, 5) is 11.9. The lowest BCUT2D eigenvalue weighted by atomic mass is 10.0. The minimum atomic E-state index is -0.478. The van der Waals surface area contributed by atoms with E-state index < -0.39 is 5.60 Å². The molecular formula is C17H36N2O3. The van der Waals surface area contributed by atoms with Crippen molar-refractivity contribution < 1.29 is 14.6 Å². The van der Waals surface area contributed by atoms with E-state index in [9.17, 15) is 4.79 Å². The first-order valence-electron chi connectivity index (χ1n) is 8.49. The number of nitrogens with one attached hydrogen (secondary N) is 2. The van der Waals surface area contributed by atoms with Gasteiger partial charge in [-0.2, -0.15) is 0 Å². The van der Waals surface area contributed by atoms with Crippen LogP contribution in [0.25, 0.3) is 0 Å². The molecule has 0 unspecified atom stereocenters. The maximum Gasteiger partial charge on any atom is 0.407 e. The maximum absolute atomic E-state index is 11.9. The van der Waals surface area contributed by atoms with Crippen LogP contribution in [0.15, 0.2) is 0 Å². The summed E-state index contributed by atoms with van der Waals surface area (Å²) in [6.07, 6.45) is 2.41. The van der Waals surface area contributed by atoms with E-state index in [1.54, 1.807) is 0 Å². The summed E-state index contributed by atoms with van der Waals surface area (Å²) in [5.74, 6) is 0.979. The van der Waals surface area contributed by atoms with Crippen molar-refractivity contribution in [2.75, 3.05) is 19.7 Å². The first-order chi connectivity index (χ1) is 10.2. The Bertz CT molecular complexity index is 301. The Morgan fingerprint density at radius 1 is 1.23 bits per heavy atom. The quantitative estimate of drug-likeness (QED) is 0.579. The number of carbonyl (C=O) groups excluding carboxylic acids is 1. The first kappa shape index (κ1) is 21.2. The highest BCUT2D eigenvalue weighted by Crippen LogP contribution is 2.10. The molecule has 0 aliphatic heterocycles. The molecule has 0 aromatic rings. The summed E-state index contributed by atoms with van der Waals surface area (Å²) in [6, 6.07) is 0.0569. The fourth-order valence-corrected chi connectivity index (χ4v) is 2.33. The molecule has 0 bridgehead atoms.